The summed E-state index contributed by atoms with van der Waals surface area (Å²) in [6.07, 6.45) is 5.21. The second kappa shape index (κ2) is 7.12. The Morgan fingerprint density at radius 3 is 2.74 bits per heavy atom. The highest BCUT2D eigenvalue weighted by molar-refractivity contribution is 9.10. The van der Waals surface area contributed by atoms with Crippen LogP contribution in [0.3, 0.4) is 0 Å². The number of benzene rings is 1. The van der Waals surface area contributed by atoms with E-state index < -0.39 is 0 Å². The maximum absolute atomic E-state index is 9.98. The predicted octanol–water partition coefficient (Wildman–Crippen LogP) is 3.27. The van der Waals surface area contributed by atoms with Crippen LogP contribution in [-0.2, 0) is 13.5 Å². The maximum atomic E-state index is 9.98. The molecule has 0 radical (unpaired) electrons. The number of nitrogens with zero attached hydrogens (tertiary/aromatic N) is 2. The van der Waals surface area contributed by atoms with Crippen molar-refractivity contribution in [3.8, 4) is 0 Å². The number of aliphatic hydroxyl groups is 1. The van der Waals surface area contributed by atoms with Gasteiger partial charge in [-0.05, 0) is 42.7 Å². The van der Waals surface area contributed by atoms with E-state index in [4.69, 9.17) is 0 Å². The van der Waals surface area contributed by atoms with Gasteiger partial charge in [0.1, 0.15) is 0 Å². The van der Waals surface area contributed by atoms with Crippen molar-refractivity contribution in [1.82, 2.24) is 9.78 Å². The van der Waals surface area contributed by atoms with E-state index in [9.17, 15) is 5.11 Å². The summed E-state index contributed by atoms with van der Waals surface area (Å²) in [6, 6.07) is 8.15. The van der Waals surface area contributed by atoms with E-state index in [1.54, 1.807) is 16.4 Å². The highest BCUT2D eigenvalue weighted by atomic mass is 79.9. The van der Waals surface area contributed by atoms with E-state index in [-0.39, 0.29) is 6.10 Å². The topological polar surface area (TPSA) is 38.0 Å². The van der Waals surface area contributed by atoms with Crippen LogP contribution >= 0.6 is 27.7 Å². The maximum Gasteiger partial charge on any atom is 0.0637 e. The monoisotopic (exact) mass is 340 g/mol. The van der Waals surface area contributed by atoms with Gasteiger partial charge in [0.25, 0.3) is 0 Å². The van der Waals surface area contributed by atoms with Crippen LogP contribution < -0.4 is 0 Å². The lowest BCUT2D eigenvalue weighted by molar-refractivity contribution is 0.189. The predicted molar refractivity (Wildman–Crippen MR) is 82.4 cm³/mol. The Hall–Kier alpha value is -0.780. The van der Waals surface area contributed by atoms with E-state index in [0.29, 0.717) is 0 Å². The Labute approximate surface area is 126 Å². The molecule has 0 amide bonds. The van der Waals surface area contributed by atoms with Gasteiger partial charge in [-0.1, -0.05) is 15.9 Å². The van der Waals surface area contributed by atoms with Crippen LogP contribution in [0.5, 0.6) is 0 Å². The molecule has 1 heterocycles. The lowest BCUT2D eigenvalue weighted by atomic mass is 10.1. The van der Waals surface area contributed by atoms with Crippen molar-refractivity contribution in [3.05, 3.63) is 46.7 Å². The van der Waals surface area contributed by atoms with Gasteiger partial charge < -0.3 is 5.11 Å². The van der Waals surface area contributed by atoms with Crippen molar-refractivity contribution in [2.24, 2.45) is 7.05 Å². The Morgan fingerprint density at radius 2 is 2.11 bits per heavy atom. The van der Waals surface area contributed by atoms with E-state index >= 15 is 0 Å². The molecule has 1 atom stereocenters. The number of rotatable bonds is 6. The van der Waals surface area contributed by atoms with Crippen molar-refractivity contribution in [2.45, 2.75) is 23.8 Å². The first-order valence-electron chi connectivity index (χ1n) is 6.17. The summed E-state index contributed by atoms with van der Waals surface area (Å²) in [5.41, 5.74) is 1.18. The zero-order valence-corrected chi connectivity index (χ0v) is 13.2. The Balaban J connectivity index is 1.72. The zero-order valence-electron chi connectivity index (χ0n) is 10.8. The SMILES string of the molecule is Cn1cc(CCC(O)CSc2ccc(Br)cc2)cn1. The number of hydrogen-bond acceptors (Lipinski definition) is 3. The fraction of sp³-hybridized carbons (Fsp3) is 0.357. The largest absolute Gasteiger partial charge is 0.392 e. The quantitative estimate of drug-likeness (QED) is 0.820. The van der Waals surface area contributed by atoms with E-state index in [2.05, 4.69) is 33.2 Å². The van der Waals surface area contributed by atoms with E-state index in [1.807, 2.05) is 31.6 Å². The molecule has 5 heteroatoms. The summed E-state index contributed by atoms with van der Waals surface area (Å²) in [6.45, 7) is 0. The third-order valence-electron chi connectivity index (χ3n) is 2.78. The summed E-state index contributed by atoms with van der Waals surface area (Å²) >= 11 is 5.10. The Bertz CT molecular complexity index is 512. The third-order valence-corrected chi connectivity index (χ3v) is 4.47. The van der Waals surface area contributed by atoms with Gasteiger partial charge in [-0.2, -0.15) is 5.10 Å². The van der Waals surface area contributed by atoms with Crippen molar-refractivity contribution < 1.29 is 5.11 Å². The van der Waals surface area contributed by atoms with E-state index in [1.165, 1.54) is 10.5 Å². The number of aryl methyl sites for hydroxylation is 2. The molecular formula is C14H17BrN2OS. The average Bonchev–Trinajstić information content (AvgIpc) is 2.81. The van der Waals surface area contributed by atoms with E-state index in [0.717, 1.165) is 23.1 Å². The van der Waals surface area contributed by atoms with Crippen LogP contribution in [0.1, 0.15) is 12.0 Å². The van der Waals surface area contributed by atoms with Crippen molar-refractivity contribution >= 4 is 27.7 Å². The van der Waals surface area contributed by atoms with Crippen LogP contribution in [-0.4, -0.2) is 26.7 Å². The molecule has 0 aliphatic rings. The van der Waals surface area contributed by atoms with Gasteiger partial charge in [0, 0.05) is 28.4 Å². The minimum absolute atomic E-state index is 0.283. The number of aliphatic hydroxyl groups excluding tert-OH is 1. The van der Waals surface area contributed by atoms with Gasteiger partial charge in [0.15, 0.2) is 0 Å². The first-order valence-corrected chi connectivity index (χ1v) is 7.95. The van der Waals surface area contributed by atoms with Crippen molar-refractivity contribution in [2.75, 3.05) is 5.75 Å². The molecule has 0 bridgehead atoms. The third kappa shape index (κ3) is 5.01. The van der Waals surface area contributed by atoms with Crippen molar-refractivity contribution in [3.63, 3.8) is 0 Å². The number of aromatic nitrogens is 2. The molecule has 0 saturated heterocycles. The smallest absolute Gasteiger partial charge is 0.0637 e. The highest BCUT2D eigenvalue weighted by Crippen LogP contribution is 2.22. The molecule has 1 unspecified atom stereocenters. The summed E-state index contributed by atoms with van der Waals surface area (Å²) in [5.74, 6) is 0.724. The van der Waals surface area contributed by atoms with Crippen molar-refractivity contribution in [1.29, 1.82) is 0 Å². The fourth-order valence-corrected chi connectivity index (χ4v) is 2.89. The number of hydrogen-bond donors (Lipinski definition) is 1. The van der Waals surface area contributed by atoms with Crippen LogP contribution in [0.25, 0.3) is 0 Å². The molecular weight excluding hydrogens is 324 g/mol. The van der Waals surface area contributed by atoms with Gasteiger partial charge in [-0.25, -0.2) is 0 Å². The van der Waals surface area contributed by atoms with Gasteiger partial charge in [-0.15, -0.1) is 11.8 Å². The Morgan fingerprint density at radius 1 is 1.37 bits per heavy atom. The molecule has 0 aliphatic heterocycles. The first kappa shape index (κ1) is 14.6. The molecule has 0 aliphatic carbocycles. The molecule has 19 heavy (non-hydrogen) atoms. The molecule has 1 aromatic heterocycles. The molecule has 1 aromatic carbocycles. The lowest BCUT2D eigenvalue weighted by Gasteiger charge is -2.09. The second-order valence-electron chi connectivity index (χ2n) is 4.48. The van der Waals surface area contributed by atoms with Gasteiger partial charge >= 0.3 is 0 Å². The summed E-state index contributed by atoms with van der Waals surface area (Å²) in [4.78, 5) is 1.18. The van der Waals surface area contributed by atoms with Gasteiger partial charge in [-0.3, -0.25) is 4.68 Å². The lowest BCUT2D eigenvalue weighted by Crippen LogP contribution is -2.10. The highest BCUT2D eigenvalue weighted by Gasteiger charge is 2.06. The van der Waals surface area contributed by atoms with Crippen LogP contribution in [0.2, 0.25) is 0 Å². The Kier molecular flexibility index (Phi) is 5.48. The molecule has 3 nitrogen and oxygen atoms in total. The zero-order chi connectivity index (χ0) is 13.7. The molecule has 2 rings (SSSR count). The molecule has 0 spiro atoms. The van der Waals surface area contributed by atoms with Crippen LogP contribution in [0.15, 0.2) is 46.0 Å². The second-order valence-corrected chi connectivity index (χ2v) is 6.49. The molecule has 102 valence electrons. The molecule has 0 saturated carbocycles. The van der Waals surface area contributed by atoms with Gasteiger partial charge in [0.05, 0.1) is 12.3 Å². The minimum atomic E-state index is -0.283. The summed E-state index contributed by atoms with van der Waals surface area (Å²) in [5, 5.41) is 14.1. The average molecular weight is 341 g/mol. The molecule has 0 fully saturated rings. The summed E-state index contributed by atoms with van der Waals surface area (Å²) < 4.78 is 2.87. The fourth-order valence-electron chi connectivity index (χ4n) is 1.74. The number of thioether (sulfide) groups is 1. The summed E-state index contributed by atoms with van der Waals surface area (Å²) in [7, 11) is 1.91. The molecule has 1 N–H and O–H groups in total. The number of halogens is 1. The molecule has 2 aromatic rings. The van der Waals surface area contributed by atoms with Gasteiger partial charge in [0.2, 0.25) is 0 Å². The van der Waals surface area contributed by atoms with Crippen LogP contribution in [0.4, 0.5) is 0 Å². The normalized spacial score (nSPS) is 12.6. The van der Waals surface area contributed by atoms with Crippen LogP contribution in [0, 0.1) is 0 Å². The first-order chi connectivity index (χ1) is 9.13. The minimum Gasteiger partial charge on any atom is -0.392 e. The standard InChI is InChI=1S/C14H17BrN2OS/c1-17-9-11(8-16-17)2-5-13(18)10-19-14-6-3-12(15)4-7-14/h3-4,6-9,13,18H,2,5,10H2,1H3.